The van der Waals surface area contributed by atoms with E-state index in [1.807, 2.05) is 24.3 Å². The molecule has 1 heterocycles. The van der Waals surface area contributed by atoms with Gasteiger partial charge in [0.05, 0.1) is 13.0 Å². The summed E-state index contributed by atoms with van der Waals surface area (Å²) in [5.41, 5.74) is 7.29. The van der Waals surface area contributed by atoms with Gasteiger partial charge >= 0.3 is 0 Å². The number of amides is 2. The summed E-state index contributed by atoms with van der Waals surface area (Å²) in [5.74, 6) is 0.379. The molecule has 0 atom stereocenters. The van der Waals surface area contributed by atoms with Gasteiger partial charge in [0.15, 0.2) is 0 Å². The van der Waals surface area contributed by atoms with Gasteiger partial charge < -0.3 is 15.8 Å². The summed E-state index contributed by atoms with van der Waals surface area (Å²) in [6.07, 6.45) is 1.87. The summed E-state index contributed by atoms with van der Waals surface area (Å²) >= 11 is 5.84. The number of nitrogens with zero attached hydrogens (tertiary/aromatic N) is 1. The monoisotopic (exact) mass is 415 g/mol. The van der Waals surface area contributed by atoms with Gasteiger partial charge in [-0.3, -0.25) is 14.5 Å². The predicted octanol–water partition coefficient (Wildman–Crippen LogP) is 3.44. The Balaban J connectivity index is 1.43. The minimum atomic E-state index is -0.200. The molecule has 2 aromatic rings. The number of likely N-dealkylation sites (tertiary alicyclic amines) is 1. The molecule has 2 amide bonds. The maximum absolute atomic E-state index is 12.2. The number of nitrogens with one attached hydrogen (secondary N) is 1. The number of ether oxygens (including phenoxy) is 1. The highest BCUT2D eigenvalue weighted by atomic mass is 35.5. The van der Waals surface area contributed by atoms with Crippen LogP contribution in [0.15, 0.2) is 48.5 Å². The van der Waals surface area contributed by atoms with Crippen molar-refractivity contribution < 1.29 is 14.3 Å². The van der Waals surface area contributed by atoms with Gasteiger partial charge in [0, 0.05) is 23.2 Å². The van der Waals surface area contributed by atoms with E-state index in [1.165, 1.54) is 0 Å². The summed E-state index contributed by atoms with van der Waals surface area (Å²) in [6, 6.07) is 14.9. The predicted molar refractivity (Wildman–Crippen MR) is 114 cm³/mol. The number of carbonyl (C=O) groups is 2. The zero-order valence-corrected chi connectivity index (χ0v) is 17.0. The van der Waals surface area contributed by atoms with Gasteiger partial charge in [-0.1, -0.05) is 23.7 Å². The third-order valence-electron chi connectivity index (χ3n) is 5.02. The average molecular weight is 416 g/mol. The lowest BCUT2D eigenvalue weighted by atomic mass is 9.96. The number of halogens is 1. The fourth-order valence-corrected chi connectivity index (χ4v) is 3.52. The maximum atomic E-state index is 12.2. The van der Waals surface area contributed by atoms with Crippen LogP contribution in [-0.4, -0.2) is 36.4 Å². The maximum Gasteiger partial charge on any atom is 0.227 e. The van der Waals surface area contributed by atoms with Crippen molar-refractivity contribution >= 4 is 29.1 Å². The summed E-state index contributed by atoms with van der Waals surface area (Å²) in [5, 5.41) is 3.56. The molecular weight excluding hydrogens is 390 g/mol. The molecule has 3 rings (SSSR count). The topological polar surface area (TPSA) is 84.7 Å². The van der Waals surface area contributed by atoms with E-state index < -0.39 is 0 Å². The van der Waals surface area contributed by atoms with Crippen LogP contribution in [0.3, 0.4) is 0 Å². The Labute approximate surface area is 176 Å². The molecule has 154 valence electrons. The molecule has 0 aromatic heterocycles. The molecule has 1 fully saturated rings. The first-order valence-corrected chi connectivity index (χ1v) is 10.2. The van der Waals surface area contributed by atoms with Crippen molar-refractivity contribution in [1.82, 2.24) is 4.90 Å². The number of primary amides is 1. The van der Waals surface area contributed by atoms with Crippen molar-refractivity contribution in [3.8, 4) is 5.75 Å². The average Bonchev–Trinajstić information content (AvgIpc) is 2.70. The van der Waals surface area contributed by atoms with Crippen LogP contribution in [0, 0.1) is 5.92 Å². The molecule has 3 N–H and O–H groups in total. The first-order valence-electron chi connectivity index (χ1n) is 9.78. The molecule has 0 bridgehead atoms. The van der Waals surface area contributed by atoms with Crippen LogP contribution in [0.1, 0.15) is 24.8 Å². The van der Waals surface area contributed by atoms with E-state index in [9.17, 15) is 9.59 Å². The molecule has 2 aromatic carbocycles. The van der Waals surface area contributed by atoms with E-state index >= 15 is 0 Å². The third kappa shape index (κ3) is 6.76. The quantitative estimate of drug-likeness (QED) is 0.691. The minimum Gasteiger partial charge on any atom is -0.493 e. The Morgan fingerprint density at radius 3 is 2.55 bits per heavy atom. The van der Waals surface area contributed by atoms with Crippen molar-refractivity contribution in [2.45, 2.75) is 25.8 Å². The van der Waals surface area contributed by atoms with Crippen molar-refractivity contribution in [1.29, 1.82) is 0 Å². The standard InChI is InChI=1S/C22H26ClN3O3/c23-18-4-6-20(7-5-18)29-13-10-21(27)25-19-3-1-2-16(14-19)15-26-11-8-17(9-12-26)22(24)28/h1-7,14,17H,8-13,15H2,(H2,24,28)(H,25,27). The van der Waals surface area contributed by atoms with Gasteiger partial charge in [0.25, 0.3) is 0 Å². The van der Waals surface area contributed by atoms with E-state index in [-0.39, 0.29) is 24.2 Å². The van der Waals surface area contributed by atoms with Crippen LogP contribution in [0.25, 0.3) is 0 Å². The second-order valence-corrected chi connectivity index (χ2v) is 7.69. The molecule has 6 nitrogen and oxygen atoms in total. The molecule has 0 saturated carbocycles. The number of nitrogens with two attached hydrogens (primary N) is 1. The third-order valence-corrected chi connectivity index (χ3v) is 5.27. The highest BCUT2D eigenvalue weighted by molar-refractivity contribution is 6.30. The van der Waals surface area contributed by atoms with E-state index in [1.54, 1.807) is 24.3 Å². The smallest absolute Gasteiger partial charge is 0.227 e. The Morgan fingerprint density at radius 1 is 1.14 bits per heavy atom. The number of piperidine rings is 1. The SMILES string of the molecule is NC(=O)C1CCN(Cc2cccc(NC(=O)CCOc3ccc(Cl)cc3)c2)CC1. The second kappa shape index (κ2) is 10.3. The summed E-state index contributed by atoms with van der Waals surface area (Å²) in [7, 11) is 0. The number of benzene rings is 2. The van der Waals surface area contributed by atoms with Crippen LogP contribution < -0.4 is 15.8 Å². The Kier molecular flexibility index (Phi) is 7.49. The Bertz CT molecular complexity index is 833. The van der Waals surface area contributed by atoms with Gasteiger partial charge in [-0.05, 0) is 67.9 Å². The Hall–Kier alpha value is -2.57. The van der Waals surface area contributed by atoms with Crippen molar-refractivity contribution in [3.05, 3.63) is 59.1 Å². The number of carbonyl (C=O) groups excluding carboxylic acids is 2. The Morgan fingerprint density at radius 2 is 1.86 bits per heavy atom. The van der Waals surface area contributed by atoms with Crippen molar-refractivity contribution in [2.75, 3.05) is 25.0 Å². The second-order valence-electron chi connectivity index (χ2n) is 7.25. The summed E-state index contributed by atoms with van der Waals surface area (Å²) in [4.78, 5) is 25.8. The van der Waals surface area contributed by atoms with Crippen molar-refractivity contribution in [3.63, 3.8) is 0 Å². The highest BCUT2D eigenvalue weighted by Gasteiger charge is 2.22. The van der Waals surface area contributed by atoms with Gasteiger partial charge in [-0.15, -0.1) is 0 Å². The molecule has 0 spiro atoms. The summed E-state index contributed by atoms with van der Waals surface area (Å²) < 4.78 is 5.56. The molecule has 1 aliphatic heterocycles. The number of hydrogen-bond acceptors (Lipinski definition) is 4. The lowest BCUT2D eigenvalue weighted by Crippen LogP contribution is -2.38. The van der Waals surface area contributed by atoms with Gasteiger partial charge in [-0.25, -0.2) is 0 Å². The minimum absolute atomic E-state index is 0.00744. The van der Waals surface area contributed by atoms with E-state index in [0.717, 1.165) is 43.7 Å². The fourth-order valence-electron chi connectivity index (χ4n) is 3.40. The normalized spacial score (nSPS) is 15.1. The first kappa shape index (κ1) is 21.1. The summed E-state index contributed by atoms with van der Waals surface area (Å²) in [6.45, 7) is 2.79. The number of hydrogen-bond donors (Lipinski definition) is 2. The van der Waals surface area contributed by atoms with Gasteiger partial charge in [-0.2, -0.15) is 0 Å². The van der Waals surface area contributed by atoms with Gasteiger partial charge in [0.2, 0.25) is 11.8 Å². The van der Waals surface area contributed by atoms with Crippen LogP contribution in [0.4, 0.5) is 5.69 Å². The molecule has 0 aliphatic carbocycles. The molecule has 7 heteroatoms. The molecule has 1 saturated heterocycles. The van der Waals surface area contributed by atoms with E-state index in [4.69, 9.17) is 22.1 Å². The highest BCUT2D eigenvalue weighted by Crippen LogP contribution is 2.20. The molecule has 29 heavy (non-hydrogen) atoms. The lowest BCUT2D eigenvalue weighted by molar-refractivity contribution is -0.123. The zero-order valence-electron chi connectivity index (χ0n) is 16.3. The van der Waals surface area contributed by atoms with Crippen molar-refractivity contribution in [2.24, 2.45) is 11.7 Å². The number of anilines is 1. The van der Waals surface area contributed by atoms with Crippen LogP contribution in [0.5, 0.6) is 5.75 Å². The molecule has 0 radical (unpaired) electrons. The molecule has 0 unspecified atom stereocenters. The van der Waals surface area contributed by atoms with E-state index in [2.05, 4.69) is 10.2 Å². The lowest BCUT2D eigenvalue weighted by Gasteiger charge is -2.30. The number of rotatable bonds is 8. The molecular formula is C22H26ClN3O3. The van der Waals surface area contributed by atoms with Crippen LogP contribution in [-0.2, 0) is 16.1 Å². The van der Waals surface area contributed by atoms with E-state index in [0.29, 0.717) is 17.4 Å². The van der Waals surface area contributed by atoms with Crippen LogP contribution in [0.2, 0.25) is 5.02 Å². The van der Waals surface area contributed by atoms with Crippen LogP contribution >= 0.6 is 11.6 Å². The fraction of sp³-hybridized carbons (Fsp3) is 0.364. The van der Waals surface area contributed by atoms with Gasteiger partial charge in [0.1, 0.15) is 5.75 Å². The zero-order chi connectivity index (χ0) is 20.6. The molecule has 1 aliphatic rings. The first-order chi connectivity index (χ1) is 14.0. The largest absolute Gasteiger partial charge is 0.493 e.